The van der Waals surface area contributed by atoms with Gasteiger partial charge in [-0.3, -0.25) is 0 Å². The Bertz CT molecular complexity index is 436. The van der Waals surface area contributed by atoms with Crippen LogP contribution in [-0.2, 0) is 12.7 Å². The van der Waals surface area contributed by atoms with Gasteiger partial charge in [0.2, 0.25) is 0 Å². The summed E-state index contributed by atoms with van der Waals surface area (Å²) in [7, 11) is 0. The molecule has 1 aromatic heterocycles. The second-order valence-electron chi connectivity index (χ2n) is 4.69. The fourth-order valence-electron chi connectivity index (χ4n) is 2.08. The summed E-state index contributed by atoms with van der Waals surface area (Å²) in [6.07, 6.45) is -4.49. The average Bonchev–Trinajstić information content (AvgIpc) is 2.50. The van der Waals surface area contributed by atoms with E-state index in [0.29, 0.717) is 5.69 Å². The van der Waals surface area contributed by atoms with Gasteiger partial charge in [0.15, 0.2) is 6.04 Å². The Balaban J connectivity index is 3.71. The number of alkyl halides is 3. The van der Waals surface area contributed by atoms with Crippen LogP contribution in [0.2, 0.25) is 5.02 Å². The van der Waals surface area contributed by atoms with E-state index in [4.69, 9.17) is 17.3 Å². The van der Waals surface area contributed by atoms with Gasteiger partial charge in [-0.1, -0.05) is 16.3 Å². The molecular formula is C11H18ClF3N3+. The van der Waals surface area contributed by atoms with E-state index in [-0.39, 0.29) is 23.7 Å². The minimum atomic E-state index is -4.49. The summed E-state index contributed by atoms with van der Waals surface area (Å²) < 4.78 is 42.0. The average molecular weight is 285 g/mol. The smallest absolute Gasteiger partial charge is 0.325 e. The standard InChI is InChI=1S/C11H18ClF3N3/c1-6(2)17-8(5-16)9(12)10(11(13,14)15)18(17)7(3)4/h6-7H,5,16H2,1-4H3/q+1. The summed E-state index contributed by atoms with van der Waals surface area (Å²) in [6, 6.07) is -0.513. The van der Waals surface area contributed by atoms with Crippen molar-refractivity contribution in [3.8, 4) is 0 Å². The molecule has 0 bridgehead atoms. The number of nitrogens with zero attached hydrogens (tertiary/aromatic N) is 2. The predicted molar refractivity (Wildman–Crippen MR) is 63.3 cm³/mol. The molecule has 0 fully saturated rings. The van der Waals surface area contributed by atoms with Crippen molar-refractivity contribution in [3.63, 3.8) is 0 Å². The van der Waals surface area contributed by atoms with Crippen LogP contribution in [0.15, 0.2) is 0 Å². The SMILES string of the molecule is CC(C)n1c(CN)c(Cl)c(C(F)(F)F)[n+]1C(C)C. The number of hydrogen-bond donors (Lipinski definition) is 1. The van der Waals surface area contributed by atoms with Gasteiger partial charge in [-0.25, -0.2) is 0 Å². The van der Waals surface area contributed by atoms with Crippen LogP contribution >= 0.6 is 11.6 Å². The number of nitrogens with two attached hydrogens (primary N) is 1. The van der Waals surface area contributed by atoms with Crippen LogP contribution in [0.5, 0.6) is 0 Å². The van der Waals surface area contributed by atoms with Crippen molar-refractivity contribution in [2.75, 3.05) is 0 Å². The fourth-order valence-corrected chi connectivity index (χ4v) is 2.44. The zero-order valence-corrected chi connectivity index (χ0v) is 11.6. The molecule has 0 amide bonds. The molecule has 0 aliphatic carbocycles. The van der Waals surface area contributed by atoms with Crippen molar-refractivity contribution in [2.45, 2.75) is 52.5 Å². The third kappa shape index (κ3) is 2.49. The van der Waals surface area contributed by atoms with Gasteiger partial charge in [0.1, 0.15) is 10.7 Å². The summed E-state index contributed by atoms with van der Waals surface area (Å²) >= 11 is 5.87. The molecule has 7 heteroatoms. The molecule has 0 aromatic carbocycles. The van der Waals surface area contributed by atoms with E-state index < -0.39 is 11.9 Å². The minimum Gasteiger partial charge on any atom is -0.325 e. The summed E-state index contributed by atoms with van der Waals surface area (Å²) in [5.41, 5.74) is 5.02. The Hall–Kier alpha value is -0.750. The molecule has 104 valence electrons. The second-order valence-corrected chi connectivity index (χ2v) is 5.07. The summed E-state index contributed by atoms with van der Waals surface area (Å²) in [6.45, 7) is 6.94. The molecule has 3 nitrogen and oxygen atoms in total. The molecule has 0 unspecified atom stereocenters. The highest BCUT2D eigenvalue weighted by molar-refractivity contribution is 6.31. The van der Waals surface area contributed by atoms with Crippen LogP contribution in [0.1, 0.15) is 51.2 Å². The van der Waals surface area contributed by atoms with Crippen molar-refractivity contribution in [1.82, 2.24) is 4.68 Å². The Morgan fingerprint density at radius 3 is 2.06 bits per heavy atom. The lowest BCUT2D eigenvalue weighted by atomic mass is 10.3. The quantitative estimate of drug-likeness (QED) is 0.851. The molecule has 1 aromatic rings. The van der Waals surface area contributed by atoms with Gasteiger partial charge in [0.25, 0.3) is 0 Å². The predicted octanol–water partition coefficient (Wildman–Crippen LogP) is 3.07. The molecule has 2 N–H and O–H groups in total. The maximum atomic E-state index is 13.1. The number of hydrogen-bond acceptors (Lipinski definition) is 1. The van der Waals surface area contributed by atoms with Crippen LogP contribution in [0.25, 0.3) is 0 Å². The van der Waals surface area contributed by atoms with Gasteiger partial charge in [0.05, 0.1) is 6.04 Å². The minimum absolute atomic E-state index is 0.0280. The molecule has 0 aliphatic heterocycles. The highest BCUT2D eigenvalue weighted by Crippen LogP contribution is 2.36. The van der Waals surface area contributed by atoms with Gasteiger partial charge >= 0.3 is 11.9 Å². The van der Waals surface area contributed by atoms with E-state index >= 15 is 0 Å². The maximum Gasteiger partial charge on any atom is 0.481 e. The van der Waals surface area contributed by atoms with E-state index in [0.717, 1.165) is 0 Å². The lowest BCUT2D eigenvalue weighted by Gasteiger charge is -2.13. The van der Waals surface area contributed by atoms with Gasteiger partial charge in [0, 0.05) is 6.54 Å². The van der Waals surface area contributed by atoms with Crippen molar-refractivity contribution >= 4 is 11.6 Å². The highest BCUT2D eigenvalue weighted by Gasteiger charge is 2.49. The molecule has 0 saturated carbocycles. The number of halogens is 4. The Morgan fingerprint density at radius 2 is 1.78 bits per heavy atom. The van der Waals surface area contributed by atoms with E-state index in [1.807, 2.05) is 0 Å². The topological polar surface area (TPSA) is 34.8 Å². The van der Waals surface area contributed by atoms with Crippen molar-refractivity contribution in [1.29, 1.82) is 0 Å². The second kappa shape index (κ2) is 5.09. The molecule has 1 heterocycles. The van der Waals surface area contributed by atoms with E-state index in [9.17, 15) is 13.2 Å². The molecule has 0 spiro atoms. The van der Waals surface area contributed by atoms with Crippen LogP contribution in [0, 0.1) is 0 Å². The van der Waals surface area contributed by atoms with Gasteiger partial charge in [-0.05, 0) is 27.7 Å². The monoisotopic (exact) mass is 284 g/mol. The first-order valence-electron chi connectivity index (χ1n) is 5.74. The third-order valence-corrected chi connectivity index (χ3v) is 3.04. The van der Waals surface area contributed by atoms with Gasteiger partial charge in [-0.2, -0.15) is 17.9 Å². The van der Waals surface area contributed by atoms with E-state index in [1.165, 1.54) is 9.36 Å². The molecule has 0 aliphatic rings. The summed E-state index contributed by atoms with van der Waals surface area (Å²) in [4.78, 5) is 0. The molecule has 18 heavy (non-hydrogen) atoms. The normalized spacial score (nSPS) is 12.8. The van der Waals surface area contributed by atoms with Crippen LogP contribution in [0.3, 0.4) is 0 Å². The Kier molecular flexibility index (Phi) is 4.33. The Morgan fingerprint density at radius 1 is 1.28 bits per heavy atom. The van der Waals surface area contributed by atoms with Gasteiger partial charge in [-0.15, -0.1) is 0 Å². The highest BCUT2D eigenvalue weighted by atomic mass is 35.5. The zero-order valence-electron chi connectivity index (χ0n) is 10.8. The first kappa shape index (κ1) is 15.3. The van der Waals surface area contributed by atoms with E-state index in [1.54, 1.807) is 27.7 Å². The fraction of sp³-hybridized carbons (Fsp3) is 0.727. The third-order valence-electron chi connectivity index (χ3n) is 2.64. The molecule has 0 radical (unpaired) electrons. The zero-order chi connectivity index (χ0) is 14.2. The lowest BCUT2D eigenvalue weighted by molar-refractivity contribution is -0.807. The summed E-state index contributed by atoms with van der Waals surface area (Å²) in [5.74, 6) is 0. The van der Waals surface area contributed by atoms with Crippen LogP contribution in [-0.4, -0.2) is 4.68 Å². The van der Waals surface area contributed by atoms with Crippen molar-refractivity contribution in [2.24, 2.45) is 5.73 Å². The van der Waals surface area contributed by atoms with Crippen LogP contribution in [0.4, 0.5) is 13.2 Å². The lowest BCUT2D eigenvalue weighted by Crippen LogP contribution is -2.51. The molecule has 1 rings (SSSR count). The number of aromatic nitrogens is 2. The molecular weight excluding hydrogens is 267 g/mol. The van der Waals surface area contributed by atoms with E-state index in [2.05, 4.69) is 0 Å². The molecule has 0 atom stereocenters. The van der Waals surface area contributed by atoms with Crippen molar-refractivity contribution in [3.05, 3.63) is 16.4 Å². The maximum absolute atomic E-state index is 13.1. The number of rotatable bonds is 3. The van der Waals surface area contributed by atoms with Crippen molar-refractivity contribution < 1.29 is 17.9 Å². The first-order valence-corrected chi connectivity index (χ1v) is 6.12. The summed E-state index contributed by atoms with van der Waals surface area (Å²) in [5, 5.41) is -0.299. The van der Waals surface area contributed by atoms with Gasteiger partial charge < -0.3 is 5.73 Å². The first-order chi connectivity index (χ1) is 8.12. The molecule has 0 saturated heterocycles. The largest absolute Gasteiger partial charge is 0.481 e. The van der Waals surface area contributed by atoms with Crippen LogP contribution < -0.4 is 10.4 Å². The Labute approximate surface area is 109 Å².